The number of ether oxygens (including phenoxy) is 1. The molecule has 0 aliphatic heterocycles. The Hall–Kier alpha value is -0.460. The van der Waals surface area contributed by atoms with Gasteiger partial charge in [-0.15, -0.1) is 0 Å². The maximum Gasteiger partial charge on any atom is 0.390 e. The third kappa shape index (κ3) is 4.04. The molecule has 0 aliphatic carbocycles. The first-order chi connectivity index (χ1) is 7.74. The summed E-state index contributed by atoms with van der Waals surface area (Å²) >= 11 is 8.93. The molecule has 2 N–H and O–H groups in total. The smallest absolute Gasteiger partial charge is 0.390 e. The number of methoxy groups -OCH3 is 1. The predicted octanol–water partition coefficient (Wildman–Crippen LogP) is 4.06. The van der Waals surface area contributed by atoms with Crippen LogP contribution >= 0.6 is 27.5 Å². The van der Waals surface area contributed by atoms with Gasteiger partial charge in [0.15, 0.2) is 0 Å². The fourth-order valence-electron chi connectivity index (χ4n) is 1.43. The van der Waals surface area contributed by atoms with E-state index in [0.29, 0.717) is 9.50 Å². The van der Waals surface area contributed by atoms with E-state index in [4.69, 9.17) is 22.1 Å². The van der Waals surface area contributed by atoms with Gasteiger partial charge in [0.25, 0.3) is 0 Å². The standard InChI is InChI=1S/C10H10BrClF3NO/c1-17-9-6(2-5(12)3-7(9)11)8(16)4-10(13,14)15/h2-3,8H,4,16H2,1H3. The molecule has 0 saturated carbocycles. The van der Waals surface area contributed by atoms with Crippen molar-refractivity contribution < 1.29 is 17.9 Å². The summed E-state index contributed by atoms with van der Waals surface area (Å²) in [6.07, 6.45) is -5.46. The Kier molecular flexibility index (Phi) is 4.69. The van der Waals surface area contributed by atoms with Crippen molar-refractivity contribution in [3.63, 3.8) is 0 Å². The zero-order valence-electron chi connectivity index (χ0n) is 8.81. The van der Waals surface area contributed by atoms with E-state index < -0.39 is 18.6 Å². The van der Waals surface area contributed by atoms with Crippen LogP contribution in [0.4, 0.5) is 13.2 Å². The molecule has 96 valence electrons. The molecular formula is C10H10BrClF3NO. The van der Waals surface area contributed by atoms with Gasteiger partial charge in [-0.05, 0) is 28.1 Å². The topological polar surface area (TPSA) is 35.2 Å². The van der Waals surface area contributed by atoms with E-state index in [-0.39, 0.29) is 11.3 Å². The van der Waals surface area contributed by atoms with Crippen LogP contribution in [0, 0.1) is 0 Å². The lowest BCUT2D eigenvalue weighted by Gasteiger charge is -2.18. The van der Waals surface area contributed by atoms with Crippen LogP contribution in [0.2, 0.25) is 5.02 Å². The largest absolute Gasteiger partial charge is 0.495 e. The number of hydrogen-bond acceptors (Lipinski definition) is 2. The number of hydrogen-bond donors (Lipinski definition) is 1. The molecular weight excluding hydrogens is 322 g/mol. The first kappa shape index (κ1) is 14.6. The fourth-order valence-corrected chi connectivity index (χ4v) is 2.43. The van der Waals surface area contributed by atoms with Gasteiger partial charge in [0, 0.05) is 16.6 Å². The third-order valence-electron chi connectivity index (χ3n) is 2.09. The van der Waals surface area contributed by atoms with Crippen molar-refractivity contribution in [3.8, 4) is 5.75 Å². The Balaban J connectivity index is 3.11. The van der Waals surface area contributed by atoms with Gasteiger partial charge in [-0.2, -0.15) is 13.2 Å². The molecule has 0 heterocycles. The second-order valence-corrected chi connectivity index (χ2v) is 4.73. The van der Waals surface area contributed by atoms with Crippen LogP contribution in [0.5, 0.6) is 5.75 Å². The Morgan fingerprint density at radius 2 is 2.06 bits per heavy atom. The van der Waals surface area contributed by atoms with E-state index in [2.05, 4.69) is 15.9 Å². The summed E-state index contributed by atoms with van der Waals surface area (Å²) in [5.41, 5.74) is 5.74. The Labute approximate surface area is 110 Å². The van der Waals surface area contributed by atoms with Gasteiger partial charge in [-0.1, -0.05) is 11.6 Å². The summed E-state index contributed by atoms with van der Waals surface area (Å²) in [7, 11) is 1.36. The van der Waals surface area contributed by atoms with Crippen LogP contribution < -0.4 is 10.5 Å². The van der Waals surface area contributed by atoms with E-state index in [1.165, 1.54) is 19.2 Å². The van der Waals surface area contributed by atoms with Gasteiger partial charge in [-0.25, -0.2) is 0 Å². The maximum absolute atomic E-state index is 12.3. The summed E-state index contributed by atoms with van der Waals surface area (Å²) < 4.78 is 42.3. The number of halogens is 5. The van der Waals surface area contributed by atoms with E-state index in [9.17, 15) is 13.2 Å². The van der Waals surface area contributed by atoms with Crippen molar-refractivity contribution in [2.45, 2.75) is 18.6 Å². The molecule has 1 rings (SSSR count). The highest BCUT2D eigenvalue weighted by molar-refractivity contribution is 9.10. The molecule has 1 atom stereocenters. The molecule has 0 bridgehead atoms. The highest BCUT2D eigenvalue weighted by atomic mass is 79.9. The van der Waals surface area contributed by atoms with E-state index in [1.807, 2.05) is 0 Å². The van der Waals surface area contributed by atoms with Crippen molar-refractivity contribution in [1.29, 1.82) is 0 Å². The molecule has 17 heavy (non-hydrogen) atoms. The molecule has 1 unspecified atom stereocenters. The summed E-state index contributed by atoms with van der Waals surface area (Å²) in [6, 6.07) is 1.70. The van der Waals surface area contributed by atoms with E-state index in [1.54, 1.807) is 0 Å². The van der Waals surface area contributed by atoms with Crippen molar-refractivity contribution in [3.05, 3.63) is 27.2 Å². The second-order valence-electron chi connectivity index (χ2n) is 3.44. The Bertz CT molecular complexity index is 411. The molecule has 0 spiro atoms. The minimum Gasteiger partial charge on any atom is -0.495 e. The van der Waals surface area contributed by atoms with E-state index >= 15 is 0 Å². The minimum atomic E-state index is -4.33. The van der Waals surface area contributed by atoms with Crippen LogP contribution in [0.3, 0.4) is 0 Å². The van der Waals surface area contributed by atoms with Gasteiger partial charge in [-0.3, -0.25) is 0 Å². The average Bonchev–Trinajstić information content (AvgIpc) is 2.13. The van der Waals surface area contributed by atoms with Crippen LogP contribution in [0.1, 0.15) is 18.0 Å². The lowest BCUT2D eigenvalue weighted by molar-refractivity contribution is -0.138. The molecule has 0 fully saturated rings. The molecule has 1 aromatic rings. The van der Waals surface area contributed by atoms with Crippen LogP contribution in [0.15, 0.2) is 16.6 Å². The monoisotopic (exact) mass is 331 g/mol. The van der Waals surface area contributed by atoms with Crippen molar-refractivity contribution in [2.24, 2.45) is 5.73 Å². The van der Waals surface area contributed by atoms with Crippen LogP contribution in [0.25, 0.3) is 0 Å². The first-order valence-electron chi connectivity index (χ1n) is 4.60. The molecule has 0 amide bonds. The quantitative estimate of drug-likeness (QED) is 0.906. The summed E-state index contributed by atoms with van der Waals surface area (Å²) in [4.78, 5) is 0. The molecule has 0 aromatic heterocycles. The lowest BCUT2D eigenvalue weighted by Crippen LogP contribution is -2.20. The highest BCUT2D eigenvalue weighted by Crippen LogP contribution is 2.38. The van der Waals surface area contributed by atoms with Crippen LogP contribution in [-0.2, 0) is 0 Å². The van der Waals surface area contributed by atoms with Crippen molar-refractivity contribution >= 4 is 27.5 Å². The number of benzene rings is 1. The SMILES string of the molecule is COc1c(Br)cc(Cl)cc1C(N)CC(F)(F)F. The van der Waals surface area contributed by atoms with Gasteiger partial charge in [0.1, 0.15) is 5.75 Å². The predicted molar refractivity (Wildman–Crippen MR) is 63.3 cm³/mol. The maximum atomic E-state index is 12.3. The lowest BCUT2D eigenvalue weighted by atomic mass is 10.0. The van der Waals surface area contributed by atoms with Crippen molar-refractivity contribution in [2.75, 3.05) is 7.11 Å². The summed E-state index contributed by atoms with van der Waals surface area (Å²) in [5, 5.41) is 0.297. The highest BCUT2D eigenvalue weighted by Gasteiger charge is 2.32. The number of alkyl halides is 3. The van der Waals surface area contributed by atoms with Gasteiger partial charge in [0.05, 0.1) is 18.0 Å². The molecule has 7 heteroatoms. The van der Waals surface area contributed by atoms with Gasteiger partial charge in [0.2, 0.25) is 0 Å². The molecule has 2 nitrogen and oxygen atoms in total. The summed E-state index contributed by atoms with van der Waals surface area (Å²) in [5.74, 6) is 0.270. The molecule has 0 aliphatic rings. The normalized spacial score (nSPS) is 13.6. The van der Waals surface area contributed by atoms with E-state index in [0.717, 1.165) is 0 Å². The Morgan fingerprint density at radius 3 is 2.53 bits per heavy atom. The zero-order chi connectivity index (χ0) is 13.2. The van der Waals surface area contributed by atoms with Gasteiger partial charge >= 0.3 is 6.18 Å². The second kappa shape index (κ2) is 5.46. The molecule has 1 aromatic carbocycles. The Morgan fingerprint density at radius 1 is 1.47 bits per heavy atom. The van der Waals surface area contributed by atoms with Crippen molar-refractivity contribution in [1.82, 2.24) is 0 Å². The minimum absolute atomic E-state index is 0.226. The van der Waals surface area contributed by atoms with Crippen LogP contribution in [-0.4, -0.2) is 13.3 Å². The number of rotatable bonds is 3. The summed E-state index contributed by atoms with van der Waals surface area (Å²) in [6.45, 7) is 0. The third-order valence-corrected chi connectivity index (χ3v) is 2.90. The first-order valence-corrected chi connectivity index (χ1v) is 5.77. The number of nitrogens with two attached hydrogens (primary N) is 1. The molecule has 0 saturated heterocycles. The fraction of sp³-hybridized carbons (Fsp3) is 0.400. The molecule has 0 radical (unpaired) electrons. The average molecular weight is 333 g/mol. The zero-order valence-corrected chi connectivity index (χ0v) is 11.2. The van der Waals surface area contributed by atoms with Gasteiger partial charge < -0.3 is 10.5 Å².